The number of hydrogen-bond acceptors (Lipinski definition) is 6. The molecule has 0 saturated carbocycles. The Labute approximate surface area is 215 Å². The molecule has 36 heavy (non-hydrogen) atoms. The normalized spacial score (nSPS) is 12.7. The molecule has 0 atom stereocenters. The number of unbranched alkanes of at least 4 members (excludes halogenated alkanes) is 1. The molecular weight excluding hydrogens is 478 g/mol. The Morgan fingerprint density at radius 2 is 1.72 bits per heavy atom. The lowest BCUT2D eigenvalue weighted by atomic mass is 10.1. The van der Waals surface area contributed by atoms with Crippen molar-refractivity contribution in [1.82, 2.24) is 15.2 Å². The Morgan fingerprint density at radius 3 is 2.50 bits per heavy atom. The van der Waals surface area contributed by atoms with Crippen molar-refractivity contribution in [3.63, 3.8) is 0 Å². The number of carbonyl (C=O) groups is 3. The van der Waals surface area contributed by atoms with Crippen molar-refractivity contribution in [2.75, 3.05) is 42.9 Å². The third kappa shape index (κ3) is 5.44. The molecule has 0 saturated heterocycles. The number of hydrogen-bond donors (Lipinski definition) is 2. The van der Waals surface area contributed by atoms with Gasteiger partial charge in [0.2, 0.25) is 5.91 Å². The maximum Gasteiger partial charge on any atom is 0.262 e. The van der Waals surface area contributed by atoms with E-state index in [9.17, 15) is 14.4 Å². The number of aromatic nitrogens is 1. The Hall–Kier alpha value is -3.65. The van der Waals surface area contributed by atoms with Gasteiger partial charge in [-0.15, -0.1) is 0 Å². The molecule has 9 heteroatoms. The van der Waals surface area contributed by atoms with Crippen LogP contribution in [0.4, 0.5) is 11.4 Å². The average Bonchev–Trinajstić information content (AvgIpc) is 3.11. The smallest absolute Gasteiger partial charge is 0.262 e. The molecule has 0 unspecified atom stereocenters. The summed E-state index contributed by atoms with van der Waals surface area (Å²) in [6, 6.07) is 12.8. The minimum atomic E-state index is -0.425. The summed E-state index contributed by atoms with van der Waals surface area (Å²) in [5.41, 5.74) is 3.41. The van der Waals surface area contributed by atoms with Crippen LogP contribution in [0.5, 0.6) is 0 Å². The minimum absolute atomic E-state index is 0.281. The maximum absolute atomic E-state index is 12.8. The van der Waals surface area contributed by atoms with E-state index in [-0.39, 0.29) is 12.5 Å². The van der Waals surface area contributed by atoms with Gasteiger partial charge in [-0.05, 0) is 69.2 Å². The lowest BCUT2D eigenvalue weighted by Crippen LogP contribution is -2.40. The van der Waals surface area contributed by atoms with Crippen LogP contribution in [0.25, 0.3) is 10.9 Å². The van der Waals surface area contributed by atoms with Crippen LogP contribution in [-0.4, -0.2) is 60.3 Å². The first-order valence-corrected chi connectivity index (χ1v) is 12.6. The zero-order valence-corrected chi connectivity index (χ0v) is 21.3. The van der Waals surface area contributed by atoms with Gasteiger partial charge in [0.25, 0.3) is 11.8 Å². The third-order valence-corrected chi connectivity index (χ3v) is 6.57. The SMILES string of the molecule is CCN(CC)c1ccc2c(c1)C(=O)N(CC(=O)NCCCCNc1ccnc3cc(Cl)ccc13)C2=O. The number of fused-ring (bicyclic) bond motifs is 2. The highest BCUT2D eigenvalue weighted by Gasteiger charge is 2.36. The Kier molecular flexibility index (Phi) is 8.05. The maximum atomic E-state index is 12.8. The van der Waals surface area contributed by atoms with Gasteiger partial charge in [0.15, 0.2) is 0 Å². The fourth-order valence-corrected chi connectivity index (χ4v) is 4.55. The predicted molar refractivity (Wildman–Crippen MR) is 143 cm³/mol. The van der Waals surface area contributed by atoms with Crippen LogP contribution in [0.2, 0.25) is 5.02 Å². The number of rotatable bonds is 11. The minimum Gasteiger partial charge on any atom is -0.384 e. The molecule has 0 aliphatic carbocycles. The predicted octanol–water partition coefficient (Wildman–Crippen LogP) is 4.34. The third-order valence-electron chi connectivity index (χ3n) is 6.33. The first kappa shape index (κ1) is 25.4. The molecule has 8 nitrogen and oxygen atoms in total. The second kappa shape index (κ2) is 11.4. The molecule has 3 amide bonds. The average molecular weight is 508 g/mol. The van der Waals surface area contributed by atoms with Crippen LogP contribution in [-0.2, 0) is 4.79 Å². The fraction of sp³-hybridized carbons (Fsp3) is 0.333. The van der Waals surface area contributed by atoms with E-state index in [1.165, 1.54) is 0 Å². The number of pyridine rings is 1. The quantitative estimate of drug-likeness (QED) is 0.296. The number of halogens is 1. The highest BCUT2D eigenvalue weighted by atomic mass is 35.5. The molecule has 0 radical (unpaired) electrons. The number of nitrogens with zero attached hydrogens (tertiary/aromatic N) is 3. The molecular formula is C27H30ClN5O3. The van der Waals surface area contributed by atoms with E-state index in [2.05, 4.69) is 20.5 Å². The van der Waals surface area contributed by atoms with E-state index in [0.29, 0.717) is 22.7 Å². The van der Waals surface area contributed by atoms with Crippen LogP contribution in [0.15, 0.2) is 48.7 Å². The van der Waals surface area contributed by atoms with E-state index in [1.54, 1.807) is 18.3 Å². The molecule has 0 fully saturated rings. The zero-order chi connectivity index (χ0) is 25.7. The number of amides is 3. The topological polar surface area (TPSA) is 94.6 Å². The first-order valence-electron chi connectivity index (χ1n) is 12.2. The van der Waals surface area contributed by atoms with Crippen molar-refractivity contribution in [3.05, 3.63) is 64.8 Å². The number of benzene rings is 2. The van der Waals surface area contributed by atoms with Gasteiger partial charge in [0, 0.05) is 54.2 Å². The fourth-order valence-electron chi connectivity index (χ4n) is 4.38. The van der Waals surface area contributed by atoms with Crippen LogP contribution in [0.1, 0.15) is 47.4 Å². The van der Waals surface area contributed by atoms with Gasteiger partial charge in [-0.1, -0.05) is 11.6 Å². The molecule has 1 aromatic heterocycles. The standard InChI is InChI=1S/C27H30ClN5O3/c1-3-32(4-2)19-8-10-20-22(16-19)27(36)33(26(20)35)17-25(34)31-13-6-5-12-29-23-11-14-30-24-15-18(28)7-9-21(23)24/h7-11,14-16H,3-6,12-13,17H2,1-2H3,(H,29,30)(H,31,34). The van der Waals surface area contributed by atoms with Crippen LogP contribution >= 0.6 is 11.6 Å². The van der Waals surface area contributed by atoms with Crippen LogP contribution < -0.4 is 15.5 Å². The van der Waals surface area contributed by atoms with E-state index in [1.807, 2.05) is 44.2 Å². The molecule has 1 aliphatic heterocycles. The number of anilines is 2. The van der Waals surface area contributed by atoms with Crippen LogP contribution in [0.3, 0.4) is 0 Å². The number of nitrogens with one attached hydrogen (secondary N) is 2. The number of imide groups is 1. The molecule has 1 aliphatic rings. The van der Waals surface area contributed by atoms with Crippen molar-refractivity contribution < 1.29 is 14.4 Å². The molecule has 2 heterocycles. The highest BCUT2D eigenvalue weighted by Crippen LogP contribution is 2.27. The summed E-state index contributed by atoms with van der Waals surface area (Å²) in [7, 11) is 0. The van der Waals surface area contributed by atoms with Crippen LogP contribution in [0, 0.1) is 0 Å². The van der Waals surface area contributed by atoms with E-state index < -0.39 is 11.8 Å². The van der Waals surface area contributed by atoms with Gasteiger partial charge in [0.05, 0.1) is 16.6 Å². The van der Waals surface area contributed by atoms with Crippen molar-refractivity contribution in [2.24, 2.45) is 0 Å². The summed E-state index contributed by atoms with van der Waals surface area (Å²) in [5, 5.41) is 7.86. The molecule has 0 bridgehead atoms. The molecule has 3 aromatic rings. The van der Waals surface area contributed by atoms with Gasteiger partial charge in [-0.2, -0.15) is 0 Å². The monoisotopic (exact) mass is 507 g/mol. The zero-order valence-electron chi connectivity index (χ0n) is 20.5. The highest BCUT2D eigenvalue weighted by molar-refractivity contribution is 6.31. The molecule has 188 valence electrons. The first-order chi connectivity index (χ1) is 17.4. The van der Waals surface area contributed by atoms with E-state index >= 15 is 0 Å². The van der Waals surface area contributed by atoms with Crippen molar-refractivity contribution in [1.29, 1.82) is 0 Å². The lowest BCUT2D eigenvalue weighted by molar-refractivity contribution is -0.121. The largest absolute Gasteiger partial charge is 0.384 e. The summed E-state index contributed by atoms with van der Waals surface area (Å²) >= 11 is 6.04. The van der Waals surface area contributed by atoms with Crippen molar-refractivity contribution in [3.8, 4) is 0 Å². The lowest BCUT2D eigenvalue weighted by Gasteiger charge is -2.21. The summed E-state index contributed by atoms with van der Waals surface area (Å²) in [5.74, 6) is -1.20. The Bertz CT molecular complexity index is 1290. The molecule has 0 spiro atoms. The van der Waals surface area contributed by atoms with Gasteiger partial charge in [0.1, 0.15) is 6.54 Å². The van der Waals surface area contributed by atoms with Gasteiger partial charge in [-0.25, -0.2) is 0 Å². The van der Waals surface area contributed by atoms with Gasteiger partial charge in [-0.3, -0.25) is 24.3 Å². The van der Waals surface area contributed by atoms with E-state index in [4.69, 9.17) is 11.6 Å². The summed E-state index contributed by atoms with van der Waals surface area (Å²) in [4.78, 5) is 45.5. The Morgan fingerprint density at radius 1 is 0.972 bits per heavy atom. The summed E-state index contributed by atoms with van der Waals surface area (Å²) < 4.78 is 0. The Balaban J connectivity index is 1.23. The summed E-state index contributed by atoms with van der Waals surface area (Å²) in [6.07, 6.45) is 3.33. The number of carbonyl (C=O) groups excluding carboxylic acids is 3. The second-order valence-electron chi connectivity index (χ2n) is 8.60. The molecule has 2 N–H and O–H groups in total. The molecule has 4 rings (SSSR count). The summed E-state index contributed by atoms with van der Waals surface area (Å²) in [6.45, 7) is 6.58. The van der Waals surface area contributed by atoms with E-state index in [0.717, 1.165) is 59.7 Å². The van der Waals surface area contributed by atoms with Crippen molar-refractivity contribution >= 4 is 51.6 Å². The molecule has 2 aromatic carbocycles. The van der Waals surface area contributed by atoms with Gasteiger partial charge >= 0.3 is 0 Å². The van der Waals surface area contributed by atoms with Crippen molar-refractivity contribution in [2.45, 2.75) is 26.7 Å². The van der Waals surface area contributed by atoms with Gasteiger partial charge < -0.3 is 15.5 Å². The second-order valence-corrected chi connectivity index (χ2v) is 9.04.